The number of fused-ring (bicyclic) bond motifs is 1. The summed E-state index contributed by atoms with van der Waals surface area (Å²) in [7, 11) is -2.47. The molecule has 1 amide bonds. The van der Waals surface area contributed by atoms with Crippen LogP contribution in [-0.4, -0.2) is 30.5 Å². The van der Waals surface area contributed by atoms with Gasteiger partial charge in [0.25, 0.3) is 15.9 Å². The SMILES string of the molecule is Cc1ccc(S(=O)(=O)N(CC(=O)N=Nc2c(O)n(C)c3ccccc23)c2cc(Cl)ccc2C)cc1. The van der Waals surface area contributed by atoms with Crippen molar-refractivity contribution in [3.8, 4) is 5.88 Å². The van der Waals surface area contributed by atoms with Crippen LogP contribution in [-0.2, 0) is 21.9 Å². The summed E-state index contributed by atoms with van der Waals surface area (Å²) in [5.74, 6) is -0.968. The molecule has 35 heavy (non-hydrogen) atoms. The lowest BCUT2D eigenvalue weighted by Gasteiger charge is -2.25. The Morgan fingerprint density at radius 1 is 1.06 bits per heavy atom. The van der Waals surface area contributed by atoms with E-state index in [9.17, 15) is 18.3 Å². The highest BCUT2D eigenvalue weighted by atomic mass is 35.5. The van der Waals surface area contributed by atoms with Crippen LogP contribution >= 0.6 is 11.6 Å². The van der Waals surface area contributed by atoms with Crippen LogP contribution in [0.1, 0.15) is 11.1 Å². The lowest BCUT2D eigenvalue weighted by atomic mass is 10.2. The number of hydrogen-bond acceptors (Lipinski definition) is 5. The number of hydrogen-bond donors (Lipinski definition) is 1. The monoisotopic (exact) mass is 510 g/mol. The van der Waals surface area contributed by atoms with Gasteiger partial charge in [0.2, 0.25) is 5.88 Å². The maximum atomic E-state index is 13.6. The fraction of sp³-hybridized carbons (Fsp3) is 0.160. The Morgan fingerprint density at radius 3 is 2.46 bits per heavy atom. The minimum Gasteiger partial charge on any atom is -0.493 e. The van der Waals surface area contributed by atoms with Crippen LogP contribution < -0.4 is 4.31 Å². The number of benzene rings is 3. The summed E-state index contributed by atoms with van der Waals surface area (Å²) in [6.45, 7) is 2.97. The van der Waals surface area contributed by atoms with Gasteiger partial charge in [0.1, 0.15) is 6.54 Å². The predicted octanol–water partition coefficient (Wildman–Crippen LogP) is 5.66. The zero-order valence-corrected chi connectivity index (χ0v) is 20.9. The Kier molecular flexibility index (Phi) is 6.64. The quantitative estimate of drug-likeness (QED) is 0.338. The largest absolute Gasteiger partial charge is 0.493 e. The second-order valence-electron chi connectivity index (χ2n) is 8.10. The number of azo groups is 1. The van der Waals surface area contributed by atoms with E-state index < -0.39 is 22.5 Å². The van der Waals surface area contributed by atoms with Crippen molar-refractivity contribution in [3.63, 3.8) is 0 Å². The summed E-state index contributed by atoms with van der Waals surface area (Å²) in [6, 6.07) is 18.3. The number of carbonyl (C=O) groups excluding carboxylic acids is 1. The highest BCUT2D eigenvalue weighted by Crippen LogP contribution is 2.38. The van der Waals surface area contributed by atoms with Crippen molar-refractivity contribution in [2.75, 3.05) is 10.8 Å². The molecule has 8 nitrogen and oxygen atoms in total. The van der Waals surface area contributed by atoms with Crippen molar-refractivity contribution in [1.29, 1.82) is 0 Å². The third kappa shape index (κ3) is 4.78. The standard InChI is InChI=1S/C25H23ClN4O4S/c1-16-8-12-19(13-9-16)35(33,34)30(22-14-18(26)11-10-17(22)2)15-23(31)27-28-24-20-6-4-5-7-21(20)29(3)25(24)32/h4-14,32H,15H2,1-3H3. The Labute approximate surface area is 208 Å². The average Bonchev–Trinajstić information content (AvgIpc) is 3.07. The van der Waals surface area contributed by atoms with Gasteiger partial charge in [-0.3, -0.25) is 9.10 Å². The van der Waals surface area contributed by atoms with Gasteiger partial charge in [0.05, 0.1) is 16.1 Å². The molecule has 0 aliphatic carbocycles. The van der Waals surface area contributed by atoms with Crippen LogP contribution in [0.15, 0.2) is 81.9 Å². The van der Waals surface area contributed by atoms with Crippen molar-refractivity contribution in [3.05, 3.63) is 82.9 Å². The Bertz CT molecular complexity index is 1560. The topological polar surface area (TPSA) is 104 Å². The minimum absolute atomic E-state index is 0.0268. The van der Waals surface area contributed by atoms with Gasteiger partial charge in [-0.2, -0.15) is 0 Å². The van der Waals surface area contributed by atoms with E-state index in [0.717, 1.165) is 9.87 Å². The first kappa shape index (κ1) is 24.4. The highest BCUT2D eigenvalue weighted by Gasteiger charge is 2.28. The van der Waals surface area contributed by atoms with Gasteiger partial charge in [0.15, 0.2) is 5.69 Å². The molecule has 4 rings (SSSR count). The van der Waals surface area contributed by atoms with Gasteiger partial charge in [-0.25, -0.2) is 8.42 Å². The summed E-state index contributed by atoms with van der Waals surface area (Å²) >= 11 is 6.15. The maximum absolute atomic E-state index is 13.6. The predicted molar refractivity (Wildman–Crippen MR) is 136 cm³/mol. The molecule has 0 aliphatic rings. The zero-order valence-electron chi connectivity index (χ0n) is 19.3. The minimum atomic E-state index is -4.13. The molecule has 0 radical (unpaired) electrons. The number of aryl methyl sites for hydroxylation is 3. The summed E-state index contributed by atoms with van der Waals surface area (Å²) in [4.78, 5) is 12.9. The van der Waals surface area contributed by atoms with E-state index in [0.29, 0.717) is 21.5 Å². The number of aromatic nitrogens is 1. The molecule has 3 aromatic carbocycles. The van der Waals surface area contributed by atoms with E-state index in [1.807, 2.05) is 13.0 Å². The van der Waals surface area contributed by atoms with Crippen LogP contribution in [0.3, 0.4) is 0 Å². The summed E-state index contributed by atoms with van der Waals surface area (Å²) in [5.41, 5.74) is 2.61. The summed E-state index contributed by atoms with van der Waals surface area (Å²) < 4.78 is 29.6. The van der Waals surface area contributed by atoms with Crippen molar-refractivity contribution in [2.45, 2.75) is 18.7 Å². The summed E-state index contributed by atoms with van der Waals surface area (Å²) in [5, 5.41) is 19.1. The second kappa shape index (κ2) is 9.52. The molecular weight excluding hydrogens is 488 g/mol. The fourth-order valence-corrected chi connectivity index (χ4v) is 5.34. The van der Waals surface area contributed by atoms with E-state index in [1.54, 1.807) is 56.4 Å². The van der Waals surface area contributed by atoms with Gasteiger partial charge in [0, 0.05) is 17.5 Å². The number of para-hydroxylation sites is 1. The van der Waals surface area contributed by atoms with E-state index in [-0.39, 0.29) is 22.2 Å². The van der Waals surface area contributed by atoms with E-state index in [2.05, 4.69) is 10.2 Å². The fourth-order valence-electron chi connectivity index (χ4n) is 3.71. The number of halogens is 1. The molecule has 0 unspecified atom stereocenters. The molecule has 0 saturated carbocycles. The molecule has 0 atom stereocenters. The third-order valence-electron chi connectivity index (χ3n) is 5.64. The number of carbonyl (C=O) groups is 1. The Morgan fingerprint density at radius 2 is 1.74 bits per heavy atom. The summed E-state index contributed by atoms with van der Waals surface area (Å²) in [6.07, 6.45) is 0. The van der Waals surface area contributed by atoms with Crippen molar-refractivity contribution >= 4 is 49.8 Å². The molecule has 0 fully saturated rings. The number of aromatic hydroxyl groups is 1. The number of rotatable bonds is 6. The number of amides is 1. The van der Waals surface area contributed by atoms with Crippen LogP contribution in [0.5, 0.6) is 5.88 Å². The normalized spacial score (nSPS) is 11.9. The van der Waals surface area contributed by atoms with Crippen molar-refractivity contribution < 1.29 is 18.3 Å². The lowest BCUT2D eigenvalue weighted by Crippen LogP contribution is -2.35. The molecule has 0 bridgehead atoms. The second-order valence-corrected chi connectivity index (χ2v) is 10.4. The number of anilines is 1. The van der Waals surface area contributed by atoms with Crippen LogP contribution in [0.25, 0.3) is 10.9 Å². The third-order valence-corrected chi connectivity index (χ3v) is 7.65. The van der Waals surface area contributed by atoms with Crippen molar-refractivity contribution in [2.24, 2.45) is 17.3 Å². The maximum Gasteiger partial charge on any atom is 0.285 e. The Hall–Kier alpha value is -3.69. The average molecular weight is 511 g/mol. The van der Waals surface area contributed by atoms with Gasteiger partial charge < -0.3 is 9.67 Å². The molecule has 0 spiro atoms. The van der Waals surface area contributed by atoms with Crippen LogP contribution in [0.4, 0.5) is 11.4 Å². The Balaban J connectivity index is 1.73. The van der Waals surface area contributed by atoms with Crippen LogP contribution in [0, 0.1) is 13.8 Å². The lowest BCUT2D eigenvalue weighted by molar-refractivity contribution is -0.116. The number of sulfonamides is 1. The molecule has 0 saturated heterocycles. The zero-order chi connectivity index (χ0) is 25.3. The molecule has 0 aliphatic heterocycles. The van der Waals surface area contributed by atoms with E-state index in [4.69, 9.17) is 11.6 Å². The molecule has 180 valence electrons. The molecule has 10 heteroatoms. The van der Waals surface area contributed by atoms with Crippen LogP contribution in [0.2, 0.25) is 5.02 Å². The molecule has 1 aromatic heterocycles. The molecule has 1 N–H and O–H groups in total. The highest BCUT2D eigenvalue weighted by molar-refractivity contribution is 7.92. The van der Waals surface area contributed by atoms with Gasteiger partial charge >= 0.3 is 0 Å². The smallest absolute Gasteiger partial charge is 0.285 e. The van der Waals surface area contributed by atoms with Gasteiger partial charge in [-0.15, -0.1) is 10.2 Å². The molecular formula is C25H23ClN4O4S. The molecule has 4 aromatic rings. The first-order valence-corrected chi connectivity index (χ1v) is 12.5. The first-order valence-electron chi connectivity index (χ1n) is 10.7. The first-order chi connectivity index (χ1) is 16.6. The van der Waals surface area contributed by atoms with Crippen molar-refractivity contribution in [1.82, 2.24) is 4.57 Å². The van der Waals surface area contributed by atoms with Gasteiger partial charge in [-0.05, 0) is 49.7 Å². The number of nitrogens with zero attached hydrogens (tertiary/aromatic N) is 4. The van der Waals surface area contributed by atoms with E-state index >= 15 is 0 Å². The molecule has 1 heterocycles. The van der Waals surface area contributed by atoms with Gasteiger partial charge in [-0.1, -0.05) is 53.6 Å². The van der Waals surface area contributed by atoms with E-state index in [1.165, 1.54) is 22.8 Å².